The van der Waals surface area contributed by atoms with Crippen LogP contribution < -0.4 is 16.4 Å². The van der Waals surface area contributed by atoms with Crippen LogP contribution in [0.4, 0.5) is 0 Å². The first-order chi connectivity index (χ1) is 16.8. The van der Waals surface area contributed by atoms with E-state index in [1.165, 1.54) is 16.7 Å². The fraction of sp³-hybridized carbons (Fsp3) is 0.167. The van der Waals surface area contributed by atoms with Crippen LogP contribution in [0.3, 0.4) is 0 Å². The Bertz CT molecular complexity index is 1370. The van der Waals surface area contributed by atoms with Gasteiger partial charge >= 0.3 is 0 Å². The third-order valence-electron chi connectivity index (χ3n) is 7.07. The van der Waals surface area contributed by atoms with Crippen molar-refractivity contribution in [3.05, 3.63) is 127 Å². The summed E-state index contributed by atoms with van der Waals surface area (Å²) in [4.78, 5) is 6.65. The minimum Gasteiger partial charge on any atom is -0.399 e. The van der Waals surface area contributed by atoms with Gasteiger partial charge in [-0.25, -0.2) is 0 Å². The Kier molecular flexibility index (Phi) is 5.48. The van der Waals surface area contributed by atoms with Gasteiger partial charge in [-0.2, -0.15) is 0 Å². The second kappa shape index (κ2) is 8.51. The van der Waals surface area contributed by atoms with Crippen LogP contribution in [0.25, 0.3) is 22.5 Å². The van der Waals surface area contributed by atoms with Crippen molar-refractivity contribution in [2.24, 2.45) is 5.73 Å². The maximum Gasteiger partial charge on any atom is 0.121 e. The van der Waals surface area contributed by atoms with E-state index in [1.54, 1.807) is 6.20 Å². The van der Waals surface area contributed by atoms with Gasteiger partial charge in [0.1, 0.15) is 5.54 Å². The zero-order chi connectivity index (χ0) is 24.7. The van der Waals surface area contributed by atoms with Gasteiger partial charge in [0.2, 0.25) is 0 Å². The van der Waals surface area contributed by atoms with E-state index in [-0.39, 0.29) is 0 Å². The van der Waals surface area contributed by atoms with Gasteiger partial charge in [0, 0.05) is 52.7 Å². The Labute approximate surface area is 207 Å². The van der Waals surface area contributed by atoms with E-state index in [0.29, 0.717) is 12.2 Å². The van der Waals surface area contributed by atoms with Crippen LogP contribution in [-0.2, 0) is 18.5 Å². The van der Waals surface area contributed by atoms with E-state index in [0.717, 1.165) is 52.4 Å². The third kappa shape index (κ3) is 3.89. The largest absolute Gasteiger partial charge is 0.399 e. The summed E-state index contributed by atoms with van der Waals surface area (Å²) in [6.45, 7) is 20.4. The molecule has 1 aromatic heterocycles. The van der Waals surface area contributed by atoms with Crippen molar-refractivity contribution in [3.63, 3.8) is 0 Å². The smallest absolute Gasteiger partial charge is 0.121 e. The molecule has 5 nitrogen and oxygen atoms in total. The Balaban J connectivity index is 1.47. The predicted octanol–water partition coefficient (Wildman–Crippen LogP) is 5.10. The molecule has 0 aliphatic carbocycles. The molecule has 0 saturated carbocycles. The minimum atomic E-state index is -0.542. The zero-order valence-corrected chi connectivity index (χ0v) is 20.2. The molecule has 0 spiro atoms. The molecule has 2 aliphatic heterocycles. The van der Waals surface area contributed by atoms with Gasteiger partial charge in [-0.15, -0.1) is 0 Å². The van der Waals surface area contributed by atoms with Crippen LogP contribution >= 0.6 is 0 Å². The first-order valence-corrected chi connectivity index (χ1v) is 11.8. The average molecular weight is 462 g/mol. The number of nitrogens with zero attached hydrogens (tertiary/aromatic N) is 2. The van der Waals surface area contributed by atoms with Gasteiger partial charge in [0.25, 0.3) is 0 Å². The molecule has 5 heteroatoms. The second-order valence-corrected chi connectivity index (χ2v) is 9.33. The molecule has 1 unspecified atom stereocenters. The number of hydrogen-bond acceptors (Lipinski definition) is 5. The van der Waals surface area contributed by atoms with Crippen LogP contribution in [0.15, 0.2) is 98.8 Å². The van der Waals surface area contributed by atoms with Crippen LogP contribution in [0.1, 0.15) is 34.7 Å². The molecule has 1 fully saturated rings. The summed E-state index contributed by atoms with van der Waals surface area (Å²) < 4.78 is 0. The average Bonchev–Trinajstić information content (AvgIpc) is 3.33. The van der Waals surface area contributed by atoms with Crippen LogP contribution in [0.5, 0.6) is 0 Å². The molecular weight excluding hydrogens is 430 g/mol. The lowest BCUT2D eigenvalue weighted by atomic mass is 9.86. The zero-order valence-electron chi connectivity index (χ0n) is 20.2. The molecule has 4 N–H and O–H groups in total. The van der Waals surface area contributed by atoms with Gasteiger partial charge in [0.05, 0.1) is 12.4 Å². The van der Waals surface area contributed by atoms with Gasteiger partial charge in [-0.05, 0) is 40.8 Å². The Morgan fingerprint density at radius 2 is 1.83 bits per heavy atom. The quantitative estimate of drug-likeness (QED) is 0.477. The van der Waals surface area contributed by atoms with E-state index in [9.17, 15) is 0 Å². The lowest BCUT2D eigenvalue weighted by Gasteiger charge is -2.36. The highest BCUT2D eigenvalue weighted by Crippen LogP contribution is 2.40. The number of benzene rings is 2. The molecule has 176 valence electrons. The molecule has 2 aliphatic rings. The maximum atomic E-state index is 5.87. The molecule has 0 amide bonds. The summed E-state index contributed by atoms with van der Waals surface area (Å²) in [6.07, 6.45) is 4.57. The fourth-order valence-electron chi connectivity index (χ4n) is 5.01. The first-order valence-electron chi connectivity index (χ1n) is 11.8. The molecule has 3 heterocycles. The van der Waals surface area contributed by atoms with Crippen molar-refractivity contribution in [1.29, 1.82) is 0 Å². The van der Waals surface area contributed by atoms with Crippen molar-refractivity contribution in [2.75, 3.05) is 6.54 Å². The number of aromatic nitrogens is 1. The van der Waals surface area contributed by atoms with Crippen LogP contribution in [0.2, 0.25) is 0 Å². The van der Waals surface area contributed by atoms with Crippen LogP contribution in [-0.4, -0.2) is 16.4 Å². The molecule has 0 radical (unpaired) electrons. The molecule has 0 bridgehead atoms. The summed E-state index contributed by atoms with van der Waals surface area (Å²) in [6, 6.07) is 17.2. The number of pyridine rings is 1. The predicted molar refractivity (Wildman–Crippen MR) is 144 cm³/mol. The molecule has 5 rings (SSSR count). The van der Waals surface area contributed by atoms with Gasteiger partial charge in [-0.1, -0.05) is 69.6 Å². The Morgan fingerprint density at radius 1 is 1.06 bits per heavy atom. The summed E-state index contributed by atoms with van der Waals surface area (Å²) in [5, 5.41) is 6.90. The van der Waals surface area contributed by atoms with Crippen molar-refractivity contribution in [2.45, 2.75) is 25.4 Å². The molecule has 2 aromatic carbocycles. The van der Waals surface area contributed by atoms with Gasteiger partial charge < -0.3 is 21.3 Å². The van der Waals surface area contributed by atoms with E-state index >= 15 is 0 Å². The van der Waals surface area contributed by atoms with E-state index in [1.807, 2.05) is 12.3 Å². The summed E-state index contributed by atoms with van der Waals surface area (Å²) in [7, 11) is 0. The second-order valence-electron chi connectivity index (χ2n) is 9.33. The van der Waals surface area contributed by atoms with Crippen molar-refractivity contribution in [1.82, 2.24) is 20.5 Å². The number of nitrogens with two attached hydrogens (primary N) is 1. The van der Waals surface area contributed by atoms with E-state index in [4.69, 9.17) is 5.73 Å². The number of hydrogen-bond donors (Lipinski definition) is 3. The SMILES string of the molecule is C=C1NC(=C)C(CN2Cc3ccc(CC)cc3C2=C)(c2ccc(-c3cncc(C(=C)N)c3)cc2)N1. The number of fused-ring (bicyclic) bond motifs is 1. The standard InChI is InChI=1S/C30H31N5/c1-6-23-7-8-25-17-35(20(3)29(25)13-23)18-30(21(4)33-22(5)34-30)28-11-9-24(10-12-28)27-14-26(19(2)31)15-32-16-27/h7-16,33-34H,2-6,17-18,31H2,1H3. The summed E-state index contributed by atoms with van der Waals surface area (Å²) in [5.74, 6) is 0.744. The maximum absolute atomic E-state index is 5.87. The molecular formula is C30H31N5. The Morgan fingerprint density at radius 3 is 2.49 bits per heavy atom. The lowest BCUT2D eigenvalue weighted by molar-refractivity contribution is 0.303. The van der Waals surface area contributed by atoms with Crippen molar-refractivity contribution < 1.29 is 0 Å². The number of nitrogens with one attached hydrogen (secondary N) is 2. The highest BCUT2D eigenvalue weighted by Gasteiger charge is 2.43. The normalized spacial score (nSPS) is 18.9. The number of aryl methyl sites for hydroxylation is 1. The van der Waals surface area contributed by atoms with Crippen molar-refractivity contribution >= 4 is 11.4 Å². The molecule has 1 saturated heterocycles. The first kappa shape index (κ1) is 22.5. The summed E-state index contributed by atoms with van der Waals surface area (Å²) >= 11 is 0. The summed E-state index contributed by atoms with van der Waals surface area (Å²) in [5.41, 5.74) is 15.6. The van der Waals surface area contributed by atoms with Gasteiger partial charge in [0.15, 0.2) is 0 Å². The molecule has 3 aromatic rings. The highest BCUT2D eigenvalue weighted by atomic mass is 15.3. The topological polar surface area (TPSA) is 66.2 Å². The lowest BCUT2D eigenvalue weighted by Crippen LogP contribution is -2.46. The third-order valence-corrected chi connectivity index (χ3v) is 7.07. The fourth-order valence-corrected chi connectivity index (χ4v) is 5.01. The number of rotatable bonds is 6. The highest BCUT2D eigenvalue weighted by molar-refractivity contribution is 5.71. The van der Waals surface area contributed by atoms with E-state index < -0.39 is 5.54 Å². The van der Waals surface area contributed by atoms with E-state index in [2.05, 4.69) is 96.2 Å². The van der Waals surface area contributed by atoms with Gasteiger partial charge in [-0.3, -0.25) is 4.98 Å². The minimum absolute atomic E-state index is 0.504. The molecule has 35 heavy (non-hydrogen) atoms. The Hall–Kier alpha value is -4.25. The monoisotopic (exact) mass is 461 g/mol. The van der Waals surface area contributed by atoms with Crippen LogP contribution in [0, 0.1) is 0 Å². The molecule has 1 atom stereocenters. The van der Waals surface area contributed by atoms with Crippen molar-refractivity contribution in [3.8, 4) is 11.1 Å².